The molecule has 0 spiro atoms. The molecule has 0 bridgehead atoms. The van der Waals surface area contributed by atoms with Crippen molar-refractivity contribution in [3.05, 3.63) is 30.0 Å². The molecule has 0 aromatic carbocycles. The molecule has 0 unspecified atom stereocenters. The normalized spacial score (nSPS) is 19.4. The summed E-state index contributed by atoms with van der Waals surface area (Å²) in [7, 11) is 0. The van der Waals surface area contributed by atoms with Crippen LogP contribution in [0.5, 0.6) is 0 Å². The molecule has 4 heterocycles. The second-order valence-electron chi connectivity index (χ2n) is 6.62. The fourth-order valence-electron chi connectivity index (χ4n) is 3.75. The van der Waals surface area contributed by atoms with E-state index in [0.29, 0.717) is 6.04 Å². The van der Waals surface area contributed by atoms with Crippen LogP contribution in [-0.2, 0) is 24.1 Å². The number of hydrogen-bond donors (Lipinski definition) is 1. The van der Waals surface area contributed by atoms with E-state index in [1.807, 2.05) is 10.9 Å². The Morgan fingerprint density at radius 3 is 2.88 bits per heavy atom. The largest absolute Gasteiger partial charge is 0.381 e. The molecular weight excluding hydrogens is 318 g/mol. The van der Waals surface area contributed by atoms with E-state index in [4.69, 9.17) is 4.74 Å². The Bertz CT molecular complexity index is 670. The van der Waals surface area contributed by atoms with E-state index in [-0.39, 0.29) is 0 Å². The lowest BCUT2D eigenvalue weighted by molar-refractivity contribution is 0.0355. The van der Waals surface area contributed by atoms with Gasteiger partial charge in [0, 0.05) is 57.1 Å². The Balaban J connectivity index is 1.39. The Morgan fingerprint density at radius 2 is 2.04 bits per heavy atom. The van der Waals surface area contributed by atoms with Gasteiger partial charge in [0.25, 0.3) is 0 Å². The van der Waals surface area contributed by atoms with Gasteiger partial charge in [-0.1, -0.05) is 5.21 Å². The van der Waals surface area contributed by atoms with Crippen molar-refractivity contribution in [3.8, 4) is 0 Å². The summed E-state index contributed by atoms with van der Waals surface area (Å²) in [4.78, 5) is 11.6. The predicted octanol–water partition coefficient (Wildman–Crippen LogP) is 0.760. The Hall–Kier alpha value is -2.06. The van der Waals surface area contributed by atoms with Gasteiger partial charge >= 0.3 is 0 Å². The zero-order valence-corrected chi connectivity index (χ0v) is 14.5. The van der Waals surface area contributed by atoms with Crippen LogP contribution in [0.1, 0.15) is 24.1 Å². The van der Waals surface area contributed by atoms with Crippen molar-refractivity contribution < 1.29 is 4.74 Å². The average Bonchev–Trinajstić information content (AvgIpc) is 3.07. The summed E-state index contributed by atoms with van der Waals surface area (Å²) in [6, 6.07) is 0.653. The van der Waals surface area contributed by atoms with Crippen molar-refractivity contribution in [1.29, 1.82) is 0 Å². The zero-order valence-electron chi connectivity index (χ0n) is 14.5. The highest BCUT2D eigenvalue weighted by Crippen LogP contribution is 2.23. The first-order valence-electron chi connectivity index (χ1n) is 9.12. The summed E-state index contributed by atoms with van der Waals surface area (Å²) in [6.07, 6.45) is 9.53. The summed E-state index contributed by atoms with van der Waals surface area (Å²) in [5, 5.41) is 11.3. The summed E-state index contributed by atoms with van der Waals surface area (Å²) in [5.41, 5.74) is 2.46. The van der Waals surface area contributed by atoms with E-state index < -0.39 is 0 Å². The molecule has 1 fully saturated rings. The molecule has 1 saturated heterocycles. The van der Waals surface area contributed by atoms with Crippen molar-refractivity contribution in [2.75, 3.05) is 38.2 Å². The predicted molar refractivity (Wildman–Crippen MR) is 93.4 cm³/mol. The molecule has 2 aliphatic heterocycles. The average molecular weight is 343 g/mol. The molecule has 0 saturated carbocycles. The van der Waals surface area contributed by atoms with Crippen molar-refractivity contribution in [1.82, 2.24) is 29.9 Å². The van der Waals surface area contributed by atoms with E-state index in [2.05, 4.69) is 30.5 Å². The Morgan fingerprint density at radius 1 is 1.16 bits per heavy atom. The quantitative estimate of drug-likeness (QED) is 0.858. The smallest absolute Gasteiger partial charge is 0.132 e. The number of anilines is 1. The second-order valence-corrected chi connectivity index (χ2v) is 6.62. The van der Waals surface area contributed by atoms with Crippen molar-refractivity contribution in [2.24, 2.45) is 0 Å². The molecular formula is C17H25N7O. The summed E-state index contributed by atoms with van der Waals surface area (Å²) >= 11 is 0. The van der Waals surface area contributed by atoms with Gasteiger partial charge in [-0.15, -0.1) is 5.10 Å². The van der Waals surface area contributed by atoms with Crippen LogP contribution >= 0.6 is 0 Å². The fraction of sp³-hybridized carbons (Fsp3) is 0.647. The maximum atomic E-state index is 5.51. The van der Waals surface area contributed by atoms with E-state index in [9.17, 15) is 0 Å². The van der Waals surface area contributed by atoms with Crippen LogP contribution in [0.2, 0.25) is 0 Å². The van der Waals surface area contributed by atoms with Crippen LogP contribution in [0.3, 0.4) is 0 Å². The van der Waals surface area contributed by atoms with Crippen molar-refractivity contribution >= 4 is 5.82 Å². The fourth-order valence-corrected chi connectivity index (χ4v) is 3.75. The van der Waals surface area contributed by atoms with Crippen molar-refractivity contribution in [2.45, 2.75) is 38.3 Å². The zero-order chi connectivity index (χ0) is 16.9. The molecule has 8 heteroatoms. The first-order valence-corrected chi connectivity index (χ1v) is 9.12. The molecule has 0 atom stereocenters. The molecule has 2 aromatic rings. The Kier molecular flexibility index (Phi) is 5.17. The van der Waals surface area contributed by atoms with E-state index in [1.54, 1.807) is 12.5 Å². The minimum Gasteiger partial charge on any atom is -0.381 e. The van der Waals surface area contributed by atoms with Gasteiger partial charge in [-0.3, -0.25) is 9.58 Å². The van der Waals surface area contributed by atoms with Crippen LogP contribution in [0.25, 0.3) is 0 Å². The van der Waals surface area contributed by atoms with Gasteiger partial charge in [0.1, 0.15) is 12.1 Å². The molecule has 134 valence electrons. The number of rotatable bonds is 5. The summed E-state index contributed by atoms with van der Waals surface area (Å²) < 4.78 is 7.33. The maximum Gasteiger partial charge on any atom is 0.132 e. The van der Waals surface area contributed by atoms with Crippen LogP contribution in [0.4, 0.5) is 5.82 Å². The molecule has 0 amide bonds. The number of ether oxygens (including phenoxy) is 1. The number of aromatic nitrogens is 5. The highest BCUT2D eigenvalue weighted by molar-refractivity contribution is 5.46. The number of hydrogen-bond acceptors (Lipinski definition) is 7. The molecule has 1 N–H and O–H groups in total. The minimum absolute atomic E-state index is 0.653. The molecule has 25 heavy (non-hydrogen) atoms. The highest BCUT2D eigenvalue weighted by atomic mass is 16.5. The van der Waals surface area contributed by atoms with E-state index in [1.165, 1.54) is 11.3 Å². The maximum absolute atomic E-state index is 5.51. The third-order valence-electron chi connectivity index (χ3n) is 5.13. The lowest BCUT2D eigenvalue weighted by atomic mass is 10.1. The monoisotopic (exact) mass is 343 g/mol. The van der Waals surface area contributed by atoms with Gasteiger partial charge in [-0.05, 0) is 19.3 Å². The molecule has 2 aliphatic rings. The molecule has 0 radical (unpaired) electrons. The van der Waals surface area contributed by atoms with Crippen LogP contribution in [0.15, 0.2) is 18.7 Å². The topological polar surface area (TPSA) is 81.0 Å². The third-order valence-corrected chi connectivity index (χ3v) is 5.13. The lowest BCUT2D eigenvalue weighted by Crippen LogP contribution is -2.40. The first-order chi connectivity index (χ1) is 12.4. The molecule has 8 nitrogen and oxygen atoms in total. The number of nitrogens with zero attached hydrogens (tertiary/aromatic N) is 6. The number of fused-ring (bicyclic) bond motifs is 1. The highest BCUT2D eigenvalue weighted by Gasteiger charge is 2.25. The first kappa shape index (κ1) is 16.4. The molecule has 4 rings (SSSR count). The van der Waals surface area contributed by atoms with Gasteiger partial charge in [0.2, 0.25) is 0 Å². The molecule has 2 aromatic heterocycles. The summed E-state index contributed by atoms with van der Waals surface area (Å²) in [5.74, 6) is 0.971. The van der Waals surface area contributed by atoms with Crippen LogP contribution in [0, 0.1) is 0 Å². The molecule has 0 aliphatic carbocycles. The summed E-state index contributed by atoms with van der Waals surface area (Å²) in [6.45, 7) is 5.48. The van der Waals surface area contributed by atoms with E-state index >= 15 is 0 Å². The van der Waals surface area contributed by atoms with Crippen LogP contribution in [-0.4, -0.2) is 68.8 Å². The second kappa shape index (κ2) is 7.88. The number of nitrogens with one attached hydrogen (secondary N) is 1. The van der Waals surface area contributed by atoms with Crippen LogP contribution < -0.4 is 5.32 Å². The minimum atomic E-state index is 0.653. The van der Waals surface area contributed by atoms with Gasteiger partial charge in [-0.25, -0.2) is 9.97 Å². The van der Waals surface area contributed by atoms with Gasteiger partial charge in [0.15, 0.2) is 0 Å². The van der Waals surface area contributed by atoms with E-state index in [0.717, 1.165) is 70.9 Å². The van der Waals surface area contributed by atoms with Gasteiger partial charge in [-0.2, -0.15) is 0 Å². The standard InChI is InChI=1S/C17H25N7O/c1-7-23(14-3-11-25-12-4-14)8-2-16-15(1)17(20-13-19-16)18-5-9-24-10-6-21-22-24/h6,10,13-14H,1-5,7-9,11-12H2,(H,18,19,20). The lowest BCUT2D eigenvalue weighted by Gasteiger charge is -2.33. The Labute approximate surface area is 147 Å². The van der Waals surface area contributed by atoms with Gasteiger partial charge < -0.3 is 10.1 Å². The van der Waals surface area contributed by atoms with Gasteiger partial charge in [0.05, 0.1) is 18.4 Å². The SMILES string of the molecule is c1cn(CCNc2ncnc3c2CCN(C2CCOCC2)CC3)nn1. The van der Waals surface area contributed by atoms with Crippen molar-refractivity contribution in [3.63, 3.8) is 0 Å². The third kappa shape index (κ3) is 3.96.